The summed E-state index contributed by atoms with van der Waals surface area (Å²) in [6.07, 6.45) is 5.24. The average molecular weight is 374 g/mol. The van der Waals surface area contributed by atoms with E-state index in [2.05, 4.69) is 21.2 Å². The van der Waals surface area contributed by atoms with Gasteiger partial charge in [-0.2, -0.15) is 0 Å². The van der Waals surface area contributed by atoms with E-state index in [1.54, 1.807) is 6.20 Å². The van der Waals surface area contributed by atoms with Crippen LogP contribution in [-0.4, -0.2) is 26.4 Å². The van der Waals surface area contributed by atoms with E-state index in [1.807, 2.05) is 52.1 Å². The van der Waals surface area contributed by atoms with Gasteiger partial charge in [0.15, 0.2) is 5.65 Å². The fraction of sp³-hybridized carbons (Fsp3) is 0.273. The van der Waals surface area contributed by atoms with Gasteiger partial charge in [-0.1, -0.05) is 37.2 Å². The van der Waals surface area contributed by atoms with Crippen LogP contribution in [0.3, 0.4) is 0 Å². The van der Waals surface area contributed by atoms with E-state index in [0.717, 1.165) is 56.9 Å². The highest BCUT2D eigenvalue weighted by atomic mass is 16.5. The molecular weight excluding hydrogens is 352 g/mol. The summed E-state index contributed by atoms with van der Waals surface area (Å²) in [5.41, 5.74) is 6.72. The number of benzene rings is 1. The number of nitrogens with zero attached hydrogens (tertiary/aromatic N) is 3. The molecule has 0 saturated carbocycles. The minimum Gasteiger partial charge on any atom is -0.361 e. The first-order valence-corrected chi connectivity index (χ1v) is 9.21. The molecular formula is C22H22N4O2. The molecule has 3 aromatic heterocycles. The number of carbonyl (C=O) groups is 1. The number of fused-ring (bicyclic) bond motifs is 1. The van der Waals surface area contributed by atoms with E-state index < -0.39 is 5.41 Å². The Morgan fingerprint density at radius 1 is 1.21 bits per heavy atom. The van der Waals surface area contributed by atoms with E-state index in [9.17, 15) is 4.79 Å². The van der Waals surface area contributed by atoms with Crippen LogP contribution in [0.2, 0.25) is 0 Å². The predicted octanol–water partition coefficient (Wildman–Crippen LogP) is 4.66. The van der Waals surface area contributed by atoms with Gasteiger partial charge in [0, 0.05) is 22.7 Å². The van der Waals surface area contributed by atoms with Crippen LogP contribution in [-0.2, 0) is 11.2 Å². The zero-order chi connectivity index (χ0) is 19.9. The molecule has 0 aliphatic rings. The maximum absolute atomic E-state index is 11.3. The number of aromatic nitrogens is 4. The SMILES string of the molecule is Cc1noc(C)c1-c1cccc(-c2cnc3[nH]cc(CC(C)(C)C=O)c3n2)c1. The van der Waals surface area contributed by atoms with Crippen molar-refractivity contribution in [1.82, 2.24) is 20.1 Å². The third kappa shape index (κ3) is 3.22. The standard InChI is InChI=1S/C22H22N4O2/c1-13-19(14(2)28-26-13)16-7-5-6-15(8-16)18-11-24-21-20(25-18)17(10-23-21)9-22(3,4)12-27/h5-8,10-12H,9H2,1-4H3,(H,23,24). The van der Waals surface area contributed by atoms with Crippen LogP contribution in [0.5, 0.6) is 0 Å². The summed E-state index contributed by atoms with van der Waals surface area (Å²) in [6.45, 7) is 7.69. The van der Waals surface area contributed by atoms with E-state index in [4.69, 9.17) is 9.51 Å². The monoisotopic (exact) mass is 374 g/mol. The number of rotatable bonds is 5. The Morgan fingerprint density at radius 3 is 2.71 bits per heavy atom. The van der Waals surface area contributed by atoms with Crippen molar-refractivity contribution in [2.75, 3.05) is 0 Å². The molecule has 0 unspecified atom stereocenters. The third-order valence-corrected chi connectivity index (χ3v) is 4.91. The molecule has 3 heterocycles. The number of carbonyl (C=O) groups excluding carboxylic acids is 1. The molecule has 0 atom stereocenters. The zero-order valence-electron chi connectivity index (χ0n) is 16.4. The minimum atomic E-state index is -0.448. The third-order valence-electron chi connectivity index (χ3n) is 4.91. The number of nitrogens with one attached hydrogen (secondary N) is 1. The maximum atomic E-state index is 11.3. The fourth-order valence-corrected chi connectivity index (χ4v) is 3.48. The maximum Gasteiger partial charge on any atom is 0.156 e. The molecule has 0 fully saturated rings. The quantitative estimate of drug-likeness (QED) is 0.513. The molecule has 1 aromatic carbocycles. The lowest BCUT2D eigenvalue weighted by Crippen LogP contribution is -2.16. The Kier molecular flexibility index (Phi) is 4.34. The second kappa shape index (κ2) is 6.71. The van der Waals surface area contributed by atoms with Crippen molar-refractivity contribution in [2.45, 2.75) is 34.1 Å². The van der Waals surface area contributed by atoms with E-state index in [1.165, 1.54) is 0 Å². The normalized spacial score (nSPS) is 11.9. The Hall–Kier alpha value is -3.28. The van der Waals surface area contributed by atoms with Crippen LogP contribution in [0, 0.1) is 19.3 Å². The van der Waals surface area contributed by atoms with Gasteiger partial charge in [-0.3, -0.25) is 0 Å². The summed E-state index contributed by atoms with van der Waals surface area (Å²) >= 11 is 0. The summed E-state index contributed by atoms with van der Waals surface area (Å²) in [6, 6.07) is 8.12. The first kappa shape index (κ1) is 18.1. The molecule has 4 rings (SSSR count). The average Bonchev–Trinajstić information content (AvgIpc) is 3.24. The summed E-state index contributed by atoms with van der Waals surface area (Å²) in [4.78, 5) is 23.8. The van der Waals surface area contributed by atoms with Gasteiger partial charge in [0.2, 0.25) is 0 Å². The second-order valence-electron chi connectivity index (χ2n) is 7.83. The zero-order valence-corrected chi connectivity index (χ0v) is 16.4. The summed E-state index contributed by atoms with van der Waals surface area (Å²) in [5, 5.41) is 4.05. The number of hydrogen-bond donors (Lipinski definition) is 1. The number of aldehydes is 1. The molecule has 0 amide bonds. The van der Waals surface area contributed by atoms with Crippen molar-refractivity contribution in [2.24, 2.45) is 5.41 Å². The van der Waals surface area contributed by atoms with Crippen LogP contribution >= 0.6 is 0 Å². The highest BCUT2D eigenvalue weighted by molar-refractivity contribution is 5.80. The van der Waals surface area contributed by atoms with Gasteiger partial charge in [0.05, 0.1) is 17.6 Å². The predicted molar refractivity (Wildman–Crippen MR) is 108 cm³/mol. The Morgan fingerprint density at radius 2 is 2.00 bits per heavy atom. The van der Waals surface area contributed by atoms with Crippen LogP contribution in [0.25, 0.3) is 33.5 Å². The van der Waals surface area contributed by atoms with Crippen LogP contribution in [0.1, 0.15) is 30.9 Å². The minimum absolute atomic E-state index is 0.448. The van der Waals surface area contributed by atoms with Crippen LogP contribution in [0.15, 0.2) is 41.2 Å². The molecule has 0 saturated heterocycles. The van der Waals surface area contributed by atoms with Gasteiger partial charge < -0.3 is 14.3 Å². The van der Waals surface area contributed by atoms with Crippen molar-refractivity contribution in [3.05, 3.63) is 53.7 Å². The van der Waals surface area contributed by atoms with Gasteiger partial charge in [-0.05, 0) is 37.5 Å². The van der Waals surface area contributed by atoms with E-state index in [-0.39, 0.29) is 0 Å². The summed E-state index contributed by atoms with van der Waals surface area (Å²) in [5.74, 6) is 0.792. The highest BCUT2D eigenvalue weighted by Crippen LogP contribution is 2.31. The molecule has 4 aromatic rings. The molecule has 6 nitrogen and oxygen atoms in total. The molecule has 0 bridgehead atoms. The van der Waals surface area contributed by atoms with Crippen molar-refractivity contribution in [3.8, 4) is 22.4 Å². The Labute approximate surface area is 163 Å². The number of aryl methyl sites for hydroxylation is 2. The largest absolute Gasteiger partial charge is 0.361 e. The van der Waals surface area contributed by atoms with Gasteiger partial charge in [0.1, 0.15) is 17.6 Å². The molecule has 142 valence electrons. The first-order valence-electron chi connectivity index (χ1n) is 9.21. The van der Waals surface area contributed by atoms with Gasteiger partial charge >= 0.3 is 0 Å². The van der Waals surface area contributed by atoms with E-state index in [0.29, 0.717) is 6.42 Å². The lowest BCUT2D eigenvalue weighted by molar-refractivity contribution is -0.114. The lowest BCUT2D eigenvalue weighted by Gasteiger charge is -2.15. The first-order chi connectivity index (χ1) is 13.4. The van der Waals surface area contributed by atoms with Crippen molar-refractivity contribution in [1.29, 1.82) is 0 Å². The molecule has 1 N–H and O–H groups in total. The topological polar surface area (TPSA) is 84.7 Å². The number of H-pyrrole nitrogens is 1. The molecule has 0 radical (unpaired) electrons. The second-order valence-corrected chi connectivity index (χ2v) is 7.83. The molecule has 0 aliphatic carbocycles. The Balaban J connectivity index is 1.78. The molecule has 0 aliphatic heterocycles. The molecule has 6 heteroatoms. The van der Waals surface area contributed by atoms with Gasteiger partial charge in [-0.15, -0.1) is 0 Å². The smallest absolute Gasteiger partial charge is 0.156 e. The van der Waals surface area contributed by atoms with Crippen molar-refractivity contribution < 1.29 is 9.32 Å². The van der Waals surface area contributed by atoms with Gasteiger partial charge in [-0.25, -0.2) is 9.97 Å². The van der Waals surface area contributed by atoms with E-state index >= 15 is 0 Å². The highest BCUT2D eigenvalue weighted by Gasteiger charge is 2.20. The number of aromatic amines is 1. The summed E-state index contributed by atoms with van der Waals surface area (Å²) in [7, 11) is 0. The van der Waals surface area contributed by atoms with Crippen LogP contribution in [0.4, 0.5) is 0 Å². The summed E-state index contributed by atoms with van der Waals surface area (Å²) < 4.78 is 5.30. The Bertz CT molecular complexity index is 1150. The van der Waals surface area contributed by atoms with Crippen molar-refractivity contribution in [3.63, 3.8) is 0 Å². The van der Waals surface area contributed by atoms with Crippen LogP contribution < -0.4 is 0 Å². The fourth-order valence-electron chi connectivity index (χ4n) is 3.48. The van der Waals surface area contributed by atoms with Gasteiger partial charge in [0.25, 0.3) is 0 Å². The molecule has 28 heavy (non-hydrogen) atoms. The molecule has 0 spiro atoms. The van der Waals surface area contributed by atoms with Crippen molar-refractivity contribution >= 4 is 17.5 Å². The number of hydrogen-bond acceptors (Lipinski definition) is 5. The lowest BCUT2D eigenvalue weighted by atomic mass is 9.88.